The standard InChI is InChI=1S/C13H10FNO/c1-9-2-4-10(5-3-9)13(16)11-6-12(14)8-15-7-11/h2-8H,1H3. The van der Waals surface area contributed by atoms with Gasteiger partial charge in [-0.25, -0.2) is 4.39 Å². The number of pyridine rings is 1. The number of carbonyl (C=O) groups excluding carboxylic acids is 1. The van der Waals surface area contributed by atoms with Crippen LogP contribution >= 0.6 is 0 Å². The van der Waals surface area contributed by atoms with E-state index < -0.39 is 5.82 Å². The highest BCUT2D eigenvalue weighted by Gasteiger charge is 2.09. The third kappa shape index (κ3) is 2.14. The summed E-state index contributed by atoms with van der Waals surface area (Å²) in [6.45, 7) is 1.94. The van der Waals surface area contributed by atoms with Crippen LogP contribution in [-0.4, -0.2) is 10.8 Å². The van der Waals surface area contributed by atoms with Crippen LogP contribution in [0.5, 0.6) is 0 Å². The number of hydrogen-bond donors (Lipinski definition) is 0. The molecule has 0 fully saturated rings. The lowest BCUT2D eigenvalue weighted by molar-refractivity contribution is 0.103. The summed E-state index contributed by atoms with van der Waals surface area (Å²) in [5.41, 5.74) is 1.88. The van der Waals surface area contributed by atoms with Crippen LogP contribution in [0.3, 0.4) is 0 Å². The highest BCUT2D eigenvalue weighted by atomic mass is 19.1. The molecule has 1 heterocycles. The molecule has 0 spiro atoms. The van der Waals surface area contributed by atoms with E-state index in [1.807, 2.05) is 19.1 Å². The number of nitrogens with zero attached hydrogens (tertiary/aromatic N) is 1. The van der Waals surface area contributed by atoms with E-state index in [9.17, 15) is 9.18 Å². The zero-order valence-electron chi connectivity index (χ0n) is 8.77. The van der Waals surface area contributed by atoms with Gasteiger partial charge >= 0.3 is 0 Å². The van der Waals surface area contributed by atoms with Gasteiger partial charge in [0.15, 0.2) is 5.78 Å². The van der Waals surface area contributed by atoms with Crippen molar-refractivity contribution in [1.82, 2.24) is 4.98 Å². The van der Waals surface area contributed by atoms with Crippen molar-refractivity contribution >= 4 is 5.78 Å². The maximum atomic E-state index is 12.9. The van der Waals surface area contributed by atoms with E-state index >= 15 is 0 Å². The SMILES string of the molecule is Cc1ccc(C(=O)c2cncc(F)c2)cc1. The first-order valence-corrected chi connectivity index (χ1v) is 4.89. The fraction of sp³-hybridized carbons (Fsp3) is 0.0769. The minimum Gasteiger partial charge on any atom is -0.289 e. The molecule has 2 aromatic rings. The molecule has 0 saturated carbocycles. The normalized spacial score (nSPS) is 10.1. The largest absolute Gasteiger partial charge is 0.289 e. The summed E-state index contributed by atoms with van der Waals surface area (Å²) in [6.07, 6.45) is 2.44. The molecule has 1 aromatic heterocycles. The number of aromatic nitrogens is 1. The summed E-state index contributed by atoms with van der Waals surface area (Å²) in [5, 5.41) is 0. The first-order valence-electron chi connectivity index (χ1n) is 4.89. The van der Waals surface area contributed by atoms with Gasteiger partial charge in [0.05, 0.1) is 6.20 Å². The summed E-state index contributed by atoms with van der Waals surface area (Å²) >= 11 is 0. The zero-order chi connectivity index (χ0) is 11.5. The van der Waals surface area contributed by atoms with E-state index in [4.69, 9.17) is 0 Å². The summed E-state index contributed by atoms with van der Waals surface area (Å²) in [7, 11) is 0. The topological polar surface area (TPSA) is 30.0 Å². The number of hydrogen-bond acceptors (Lipinski definition) is 2. The Morgan fingerprint density at radius 1 is 1.12 bits per heavy atom. The summed E-state index contributed by atoms with van der Waals surface area (Å²) in [4.78, 5) is 15.6. The van der Waals surface area contributed by atoms with Crippen molar-refractivity contribution in [3.8, 4) is 0 Å². The van der Waals surface area contributed by atoms with Crippen molar-refractivity contribution in [2.75, 3.05) is 0 Å². The van der Waals surface area contributed by atoms with E-state index in [0.29, 0.717) is 5.56 Å². The van der Waals surface area contributed by atoms with Crippen molar-refractivity contribution in [3.63, 3.8) is 0 Å². The van der Waals surface area contributed by atoms with Crippen molar-refractivity contribution in [1.29, 1.82) is 0 Å². The van der Waals surface area contributed by atoms with Crippen LogP contribution in [0.2, 0.25) is 0 Å². The predicted molar refractivity (Wildman–Crippen MR) is 58.8 cm³/mol. The Labute approximate surface area is 92.8 Å². The lowest BCUT2D eigenvalue weighted by Crippen LogP contribution is -2.02. The molecular weight excluding hydrogens is 205 g/mol. The van der Waals surface area contributed by atoms with Gasteiger partial charge in [-0.2, -0.15) is 0 Å². The Balaban J connectivity index is 2.35. The summed E-state index contributed by atoms with van der Waals surface area (Å²) in [6, 6.07) is 8.33. The summed E-state index contributed by atoms with van der Waals surface area (Å²) < 4.78 is 12.9. The van der Waals surface area contributed by atoms with E-state index in [0.717, 1.165) is 11.8 Å². The maximum absolute atomic E-state index is 12.9. The average Bonchev–Trinajstić information content (AvgIpc) is 2.29. The van der Waals surface area contributed by atoms with E-state index in [-0.39, 0.29) is 11.3 Å². The molecule has 80 valence electrons. The molecule has 0 aliphatic heterocycles. The lowest BCUT2D eigenvalue weighted by Gasteiger charge is -2.01. The van der Waals surface area contributed by atoms with E-state index in [1.54, 1.807) is 12.1 Å². The molecule has 0 atom stereocenters. The molecule has 2 rings (SSSR count). The monoisotopic (exact) mass is 215 g/mol. The maximum Gasteiger partial charge on any atom is 0.194 e. The van der Waals surface area contributed by atoms with Crippen LogP contribution in [-0.2, 0) is 0 Å². The Morgan fingerprint density at radius 3 is 2.44 bits per heavy atom. The number of halogens is 1. The number of rotatable bonds is 2. The second-order valence-corrected chi connectivity index (χ2v) is 3.59. The third-order valence-corrected chi connectivity index (χ3v) is 2.28. The van der Waals surface area contributed by atoms with Gasteiger partial charge in [0.1, 0.15) is 5.82 Å². The first kappa shape index (κ1) is 10.5. The van der Waals surface area contributed by atoms with Gasteiger partial charge in [-0.05, 0) is 13.0 Å². The van der Waals surface area contributed by atoms with Gasteiger partial charge in [-0.15, -0.1) is 0 Å². The van der Waals surface area contributed by atoms with Crippen molar-refractivity contribution in [2.24, 2.45) is 0 Å². The zero-order valence-corrected chi connectivity index (χ0v) is 8.77. The predicted octanol–water partition coefficient (Wildman–Crippen LogP) is 2.76. The Bertz CT molecular complexity index is 520. The average molecular weight is 215 g/mol. The molecule has 0 aliphatic rings. The molecule has 0 aliphatic carbocycles. The van der Waals surface area contributed by atoms with Crippen molar-refractivity contribution < 1.29 is 9.18 Å². The number of benzene rings is 1. The van der Waals surface area contributed by atoms with Gasteiger partial charge in [-0.3, -0.25) is 9.78 Å². The Hall–Kier alpha value is -2.03. The highest BCUT2D eigenvalue weighted by Crippen LogP contribution is 2.10. The third-order valence-electron chi connectivity index (χ3n) is 2.28. The molecule has 3 heteroatoms. The van der Waals surface area contributed by atoms with E-state index in [1.165, 1.54) is 12.3 Å². The molecular formula is C13H10FNO. The number of carbonyl (C=O) groups is 1. The van der Waals surface area contributed by atoms with Gasteiger partial charge in [-0.1, -0.05) is 29.8 Å². The molecule has 0 N–H and O–H groups in total. The fourth-order valence-corrected chi connectivity index (χ4v) is 1.41. The molecule has 1 aromatic carbocycles. The van der Waals surface area contributed by atoms with Crippen molar-refractivity contribution in [3.05, 3.63) is 65.2 Å². The summed E-state index contributed by atoms with van der Waals surface area (Å²) in [5.74, 6) is -0.718. The van der Waals surface area contributed by atoms with Gasteiger partial charge < -0.3 is 0 Å². The van der Waals surface area contributed by atoms with Crippen LogP contribution in [0.15, 0.2) is 42.7 Å². The second-order valence-electron chi connectivity index (χ2n) is 3.59. The lowest BCUT2D eigenvalue weighted by atomic mass is 10.0. The highest BCUT2D eigenvalue weighted by molar-refractivity contribution is 6.08. The Morgan fingerprint density at radius 2 is 1.81 bits per heavy atom. The van der Waals surface area contributed by atoms with E-state index in [2.05, 4.69) is 4.98 Å². The van der Waals surface area contributed by atoms with Gasteiger partial charge in [0, 0.05) is 17.3 Å². The van der Waals surface area contributed by atoms with Crippen LogP contribution in [0.1, 0.15) is 21.5 Å². The van der Waals surface area contributed by atoms with Crippen LogP contribution in [0.25, 0.3) is 0 Å². The quantitative estimate of drug-likeness (QED) is 0.721. The van der Waals surface area contributed by atoms with Crippen LogP contribution in [0, 0.1) is 12.7 Å². The molecule has 0 radical (unpaired) electrons. The second kappa shape index (κ2) is 4.23. The van der Waals surface area contributed by atoms with Crippen molar-refractivity contribution in [2.45, 2.75) is 6.92 Å². The molecule has 2 nitrogen and oxygen atoms in total. The molecule has 0 saturated heterocycles. The first-order chi connectivity index (χ1) is 7.66. The minimum atomic E-state index is -0.502. The van der Waals surface area contributed by atoms with Crippen LogP contribution < -0.4 is 0 Å². The molecule has 16 heavy (non-hydrogen) atoms. The van der Waals surface area contributed by atoms with Crippen LogP contribution in [0.4, 0.5) is 4.39 Å². The Kier molecular flexibility index (Phi) is 2.77. The number of aryl methyl sites for hydroxylation is 1. The van der Waals surface area contributed by atoms with Gasteiger partial charge in [0.25, 0.3) is 0 Å². The molecule has 0 unspecified atom stereocenters. The fourth-order valence-electron chi connectivity index (χ4n) is 1.41. The smallest absolute Gasteiger partial charge is 0.194 e. The molecule has 0 bridgehead atoms. The minimum absolute atomic E-state index is 0.216. The number of ketones is 1. The van der Waals surface area contributed by atoms with Gasteiger partial charge in [0.2, 0.25) is 0 Å². The molecule has 0 amide bonds.